The van der Waals surface area contributed by atoms with Gasteiger partial charge in [0.2, 0.25) is 0 Å². The van der Waals surface area contributed by atoms with Gasteiger partial charge in [-0.05, 0) is 45.4 Å². The van der Waals surface area contributed by atoms with E-state index in [0.717, 1.165) is 6.42 Å². The summed E-state index contributed by atoms with van der Waals surface area (Å²) in [5, 5.41) is 6.02. The third kappa shape index (κ3) is 7.09. The summed E-state index contributed by atoms with van der Waals surface area (Å²) < 4.78 is 18.9. The molecule has 0 radical (unpaired) electrons. The molecule has 0 aromatic heterocycles. The van der Waals surface area contributed by atoms with Crippen LogP contribution in [0.2, 0.25) is 0 Å². The van der Waals surface area contributed by atoms with E-state index < -0.39 is 0 Å². The van der Waals surface area contributed by atoms with Crippen LogP contribution in [-0.2, 0) is 11.3 Å². The van der Waals surface area contributed by atoms with Crippen LogP contribution < -0.4 is 15.4 Å². The lowest BCUT2D eigenvalue weighted by Gasteiger charge is -2.21. The first kappa shape index (κ1) is 17.4. The lowest BCUT2D eigenvalue weighted by atomic mass is 10.1. The molecule has 0 atom stereocenters. The van der Waals surface area contributed by atoms with Crippen molar-refractivity contribution in [3.8, 4) is 5.75 Å². The van der Waals surface area contributed by atoms with Gasteiger partial charge >= 0.3 is 0 Å². The predicted molar refractivity (Wildman–Crippen MR) is 81.8 cm³/mol. The lowest BCUT2D eigenvalue weighted by molar-refractivity contribution is -0.123. The zero-order valence-electron chi connectivity index (χ0n) is 13.3. The molecule has 0 heterocycles. The smallest absolute Gasteiger partial charge is 0.257 e. The van der Waals surface area contributed by atoms with Crippen molar-refractivity contribution in [2.24, 2.45) is 0 Å². The summed E-state index contributed by atoms with van der Waals surface area (Å²) in [5.74, 6) is 0.0409. The molecule has 1 aromatic rings. The quantitative estimate of drug-likeness (QED) is 0.813. The van der Waals surface area contributed by atoms with Crippen LogP contribution in [0.1, 0.15) is 39.7 Å². The molecule has 0 bridgehead atoms. The Bertz CT molecular complexity index is 470. The average molecular weight is 296 g/mol. The molecular weight excluding hydrogens is 271 g/mol. The zero-order valence-corrected chi connectivity index (χ0v) is 13.3. The number of hydrogen-bond acceptors (Lipinski definition) is 3. The lowest BCUT2D eigenvalue weighted by Crippen LogP contribution is -2.35. The highest BCUT2D eigenvalue weighted by Crippen LogP contribution is 2.20. The van der Waals surface area contributed by atoms with Gasteiger partial charge in [-0.25, -0.2) is 4.39 Å². The van der Waals surface area contributed by atoms with Crippen LogP contribution in [0.4, 0.5) is 4.39 Å². The number of amides is 1. The molecule has 0 aliphatic carbocycles. The number of nitrogens with one attached hydrogen (secondary N) is 2. The molecule has 0 aliphatic heterocycles. The molecule has 0 spiro atoms. The molecule has 5 heteroatoms. The topological polar surface area (TPSA) is 50.4 Å². The SMILES string of the molecule is CCCNC(=O)COc1ccc(F)cc1CNC(C)(C)C. The maximum atomic E-state index is 13.4. The average Bonchev–Trinajstić information content (AvgIpc) is 2.41. The first-order valence-corrected chi connectivity index (χ1v) is 7.25. The summed E-state index contributed by atoms with van der Waals surface area (Å²) in [6.45, 7) is 9.13. The van der Waals surface area contributed by atoms with Crippen molar-refractivity contribution in [1.29, 1.82) is 0 Å². The van der Waals surface area contributed by atoms with E-state index in [1.807, 2.05) is 27.7 Å². The van der Waals surface area contributed by atoms with Crippen molar-refractivity contribution in [2.75, 3.05) is 13.2 Å². The van der Waals surface area contributed by atoms with E-state index in [1.165, 1.54) is 12.1 Å². The normalized spacial score (nSPS) is 11.3. The standard InChI is InChI=1S/C16H25FN2O2/c1-5-8-18-15(20)11-21-14-7-6-13(17)9-12(14)10-19-16(2,3)4/h6-7,9,19H,5,8,10-11H2,1-4H3,(H,18,20). The van der Waals surface area contributed by atoms with Gasteiger partial charge in [-0.3, -0.25) is 4.79 Å². The molecular formula is C16H25FN2O2. The first-order valence-electron chi connectivity index (χ1n) is 7.25. The molecule has 1 amide bonds. The fraction of sp³-hybridized carbons (Fsp3) is 0.562. The Labute approximate surface area is 126 Å². The monoisotopic (exact) mass is 296 g/mol. The molecule has 21 heavy (non-hydrogen) atoms. The highest BCUT2D eigenvalue weighted by Gasteiger charge is 2.12. The van der Waals surface area contributed by atoms with Gasteiger partial charge in [0.25, 0.3) is 5.91 Å². The van der Waals surface area contributed by atoms with Crippen molar-refractivity contribution in [1.82, 2.24) is 10.6 Å². The Morgan fingerprint density at radius 3 is 2.67 bits per heavy atom. The highest BCUT2D eigenvalue weighted by molar-refractivity contribution is 5.77. The number of carbonyl (C=O) groups excluding carboxylic acids is 1. The van der Waals surface area contributed by atoms with Crippen molar-refractivity contribution < 1.29 is 13.9 Å². The summed E-state index contributed by atoms with van der Waals surface area (Å²) in [5.41, 5.74) is 0.621. The molecule has 0 unspecified atom stereocenters. The van der Waals surface area contributed by atoms with Crippen molar-refractivity contribution in [3.05, 3.63) is 29.6 Å². The molecule has 0 fully saturated rings. The van der Waals surface area contributed by atoms with Gasteiger partial charge in [0, 0.05) is 24.2 Å². The Kier molecular flexibility index (Phi) is 6.62. The summed E-state index contributed by atoms with van der Waals surface area (Å²) in [7, 11) is 0. The minimum atomic E-state index is -0.316. The van der Waals surface area contributed by atoms with Gasteiger partial charge in [-0.1, -0.05) is 6.92 Å². The van der Waals surface area contributed by atoms with E-state index in [1.54, 1.807) is 6.07 Å². The zero-order chi connectivity index (χ0) is 15.9. The molecule has 118 valence electrons. The molecule has 1 rings (SSSR count). The van der Waals surface area contributed by atoms with Crippen LogP contribution in [0.25, 0.3) is 0 Å². The van der Waals surface area contributed by atoms with Crippen LogP contribution >= 0.6 is 0 Å². The van der Waals surface area contributed by atoms with Crippen molar-refractivity contribution in [2.45, 2.75) is 46.2 Å². The van der Waals surface area contributed by atoms with Gasteiger partial charge in [-0.15, -0.1) is 0 Å². The fourth-order valence-corrected chi connectivity index (χ4v) is 1.65. The van der Waals surface area contributed by atoms with Crippen molar-refractivity contribution in [3.63, 3.8) is 0 Å². The van der Waals surface area contributed by atoms with E-state index in [-0.39, 0.29) is 23.9 Å². The maximum Gasteiger partial charge on any atom is 0.257 e. The van der Waals surface area contributed by atoms with E-state index in [2.05, 4.69) is 10.6 Å². The third-order valence-electron chi connectivity index (χ3n) is 2.76. The molecule has 4 nitrogen and oxygen atoms in total. The van der Waals surface area contributed by atoms with Crippen LogP contribution in [0.15, 0.2) is 18.2 Å². The van der Waals surface area contributed by atoms with E-state index in [9.17, 15) is 9.18 Å². The minimum absolute atomic E-state index is 0.0614. The van der Waals surface area contributed by atoms with Crippen LogP contribution in [-0.4, -0.2) is 24.6 Å². The molecule has 0 saturated heterocycles. The molecule has 0 aliphatic rings. The number of rotatable bonds is 7. The summed E-state index contributed by atoms with van der Waals surface area (Å²) in [4.78, 5) is 11.5. The second kappa shape index (κ2) is 7.98. The number of halogens is 1. The number of benzene rings is 1. The van der Waals surface area contributed by atoms with Gasteiger partial charge in [0.1, 0.15) is 11.6 Å². The van der Waals surface area contributed by atoms with E-state index >= 15 is 0 Å². The summed E-state index contributed by atoms with van der Waals surface area (Å²) in [6.07, 6.45) is 0.878. The number of ether oxygens (including phenoxy) is 1. The summed E-state index contributed by atoms with van der Waals surface area (Å²) >= 11 is 0. The maximum absolute atomic E-state index is 13.4. The van der Waals surface area contributed by atoms with E-state index in [4.69, 9.17) is 4.74 Å². The van der Waals surface area contributed by atoms with Crippen LogP contribution in [0, 0.1) is 5.82 Å². The van der Waals surface area contributed by atoms with E-state index in [0.29, 0.717) is 24.4 Å². The van der Waals surface area contributed by atoms with Gasteiger partial charge in [0.05, 0.1) is 0 Å². The summed E-state index contributed by atoms with van der Waals surface area (Å²) in [6, 6.07) is 4.32. The molecule has 1 aromatic carbocycles. The molecule has 2 N–H and O–H groups in total. The van der Waals surface area contributed by atoms with Crippen LogP contribution in [0.3, 0.4) is 0 Å². The van der Waals surface area contributed by atoms with Gasteiger partial charge < -0.3 is 15.4 Å². The third-order valence-corrected chi connectivity index (χ3v) is 2.76. The Hall–Kier alpha value is -1.62. The second-order valence-corrected chi connectivity index (χ2v) is 5.99. The number of carbonyl (C=O) groups is 1. The highest BCUT2D eigenvalue weighted by atomic mass is 19.1. The minimum Gasteiger partial charge on any atom is -0.483 e. The molecule has 0 saturated carbocycles. The van der Waals surface area contributed by atoms with Crippen molar-refractivity contribution >= 4 is 5.91 Å². The predicted octanol–water partition coefficient (Wildman–Crippen LogP) is 2.62. The Balaban J connectivity index is 2.66. The Morgan fingerprint density at radius 1 is 1.33 bits per heavy atom. The largest absolute Gasteiger partial charge is 0.483 e. The van der Waals surface area contributed by atoms with Gasteiger partial charge in [-0.2, -0.15) is 0 Å². The second-order valence-electron chi connectivity index (χ2n) is 5.99. The Morgan fingerprint density at radius 2 is 2.05 bits per heavy atom. The van der Waals surface area contributed by atoms with Gasteiger partial charge in [0.15, 0.2) is 6.61 Å². The fourth-order valence-electron chi connectivity index (χ4n) is 1.65. The first-order chi connectivity index (χ1) is 9.81. The number of hydrogen-bond donors (Lipinski definition) is 2. The van der Waals surface area contributed by atoms with Crippen LogP contribution in [0.5, 0.6) is 5.75 Å².